The van der Waals surface area contributed by atoms with Crippen molar-refractivity contribution in [1.29, 1.82) is 0 Å². The van der Waals surface area contributed by atoms with Gasteiger partial charge in [-0.15, -0.1) is 11.8 Å². The molecule has 0 spiro atoms. The van der Waals surface area contributed by atoms with Crippen molar-refractivity contribution < 1.29 is 14.3 Å². The zero-order valence-electron chi connectivity index (χ0n) is 11.5. The molecule has 0 N–H and O–H groups in total. The second kappa shape index (κ2) is 6.41. The van der Waals surface area contributed by atoms with Crippen LogP contribution in [0.15, 0.2) is 29.2 Å². The number of benzene rings is 1. The standard InChI is InChI=1S/C14H19NO3S/c1-15-9-8-12(13(15)16)19-11-6-4-10(5-7-11)14(17-2)18-3/h4-7,12,14H,8-9H2,1-3H3. The first kappa shape index (κ1) is 14.4. The average molecular weight is 281 g/mol. The van der Waals surface area contributed by atoms with E-state index >= 15 is 0 Å². The lowest BCUT2D eigenvalue weighted by Gasteiger charge is -2.14. The highest BCUT2D eigenvalue weighted by Gasteiger charge is 2.29. The molecule has 2 rings (SSSR count). The molecule has 4 nitrogen and oxygen atoms in total. The highest BCUT2D eigenvalue weighted by Crippen LogP contribution is 2.31. The molecule has 1 saturated heterocycles. The smallest absolute Gasteiger partial charge is 0.235 e. The van der Waals surface area contributed by atoms with Crippen molar-refractivity contribution in [2.75, 3.05) is 27.8 Å². The van der Waals surface area contributed by atoms with Gasteiger partial charge in [-0.05, 0) is 18.6 Å². The summed E-state index contributed by atoms with van der Waals surface area (Å²) in [4.78, 5) is 14.7. The number of hydrogen-bond acceptors (Lipinski definition) is 4. The lowest BCUT2D eigenvalue weighted by atomic mass is 10.2. The summed E-state index contributed by atoms with van der Waals surface area (Å²) in [5, 5.41) is 0.0523. The minimum atomic E-state index is -0.335. The fourth-order valence-corrected chi connectivity index (χ4v) is 3.26. The van der Waals surface area contributed by atoms with E-state index in [2.05, 4.69) is 0 Å². The largest absolute Gasteiger partial charge is 0.352 e. The zero-order chi connectivity index (χ0) is 13.8. The summed E-state index contributed by atoms with van der Waals surface area (Å²) in [7, 11) is 5.08. The van der Waals surface area contributed by atoms with Crippen molar-refractivity contribution in [3.8, 4) is 0 Å². The van der Waals surface area contributed by atoms with Gasteiger partial charge in [0.2, 0.25) is 5.91 Å². The predicted molar refractivity (Wildman–Crippen MR) is 75.1 cm³/mol. The van der Waals surface area contributed by atoms with E-state index in [-0.39, 0.29) is 17.4 Å². The van der Waals surface area contributed by atoms with E-state index < -0.39 is 0 Å². The summed E-state index contributed by atoms with van der Waals surface area (Å²) in [6.45, 7) is 0.851. The van der Waals surface area contributed by atoms with Crippen LogP contribution in [-0.2, 0) is 14.3 Å². The summed E-state index contributed by atoms with van der Waals surface area (Å²) in [5.41, 5.74) is 0.976. The summed E-state index contributed by atoms with van der Waals surface area (Å²) < 4.78 is 10.4. The number of carbonyl (C=O) groups excluding carboxylic acids is 1. The van der Waals surface area contributed by atoms with Crippen molar-refractivity contribution in [2.45, 2.75) is 22.9 Å². The van der Waals surface area contributed by atoms with E-state index in [0.717, 1.165) is 23.4 Å². The Morgan fingerprint density at radius 2 is 1.89 bits per heavy atom. The quantitative estimate of drug-likeness (QED) is 0.776. The minimum absolute atomic E-state index is 0.0523. The van der Waals surface area contributed by atoms with Crippen LogP contribution in [0.25, 0.3) is 0 Å². The third-order valence-electron chi connectivity index (χ3n) is 3.24. The molecule has 5 heteroatoms. The predicted octanol–water partition coefficient (Wildman–Crippen LogP) is 2.30. The Bertz CT molecular complexity index is 431. The number of likely N-dealkylation sites (tertiary alicyclic amines) is 1. The number of amides is 1. The van der Waals surface area contributed by atoms with Crippen LogP contribution in [0.3, 0.4) is 0 Å². The SMILES string of the molecule is COC(OC)c1ccc(SC2CCN(C)C2=O)cc1. The van der Waals surface area contributed by atoms with Crippen molar-refractivity contribution in [3.05, 3.63) is 29.8 Å². The van der Waals surface area contributed by atoms with Gasteiger partial charge in [-0.3, -0.25) is 4.79 Å². The summed E-state index contributed by atoms with van der Waals surface area (Å²) in [5.74, 6) is 0.223. The number of carbonyl (C=O) groups is 1. The van der Waals surface area contributed by atoms with Gasteiger partial charge >= 0.3 is 0 Å². The molecule has 0 bridgehead atoms. The fourth-order valence-electron chi connectivity index (χ4n) is 2.14. The van der Waals surface area contributed by atoms with E-state index in [9.17, 15) is 4.79 Å². The van der Waals surface area contributed by atoms with Gasteiger partial charge in [-0.2, -0.15) is 0 Å². The van der Waals surface area contributed by atoms with E-state index in [1.807, 2.05) is 31.3 Å². The lowest BCUT2D eigenvalue weighted by Crippen LogP contribution is -2.23. The monoisotopic (exact) mass is 281 g/mol. The van der Waals surface area contributed by atoms with Gasteiger partial charge in [-0.25, -0.2) is 0 Å². The highest BCUT2D eigenvalue weighted by atomic mass is 32.2. The second-order valence-electron chi connectivity index (χ2n) is 4.53. The van der Waals surface area contributed by atoms with Crippen LogP contribution < -0.4 is 0 Å². The molecule has 1 heterocycles. The molecule has 1 aromatic rings. The van der Waals surface area contributed by atoms with Crippen LogP contribution >= 0.6 is 11.8 Å². The van der Waals surface area contributed by atoms with Crippen LogP contribution in [0.4, 0.5) is 0 Å². The van der Waals surface area contributed by atoms with Gasteiger partial charge in [0.1, 0.15) is 0 Å². The van der Waals surface area contributed by atoms with Crippen molar-refractivity contribution >= 4 is 17.7 Å². The molecule has 1 aliphatic rings. The molecular weight excluding hydrogens is 262 g/mol. The first-order valence-electron chi connectivity index (χ1n) is 6.23. The van der Waals surface area contributed by atoms with Crippen LogP contribution in [0, 0.1) is 0 Å². The summed E-state index contributed by atoms with van der Waals surface area (Å²) in [6, 6.07) is 7.97. The molecule has 1 amide bonds. The normalized spacial score (nSPS) is 19.5. The maximum absolute atomic E-state index is 11.8. The maximum atomic E-state index is 11.8. The number of ether oxygens (including phenoxy) is 2. The van der Waals surface area contributed by atoms with E-state index in [0.29, 0.717) is 0 Å². The maximum Gasteiger partial charge on any atom is 0.235 e. The molecule has 1 fully saturated rings. The van der Waals surface area contributed by atoms with Gasteiger partial charge in [0, 0.05) is 38.3 Å². The summed E-state index contributed by atoms with van der Waals surface area (Å²) in [6.07, 6.45) is 0.582. The first-order chi connectivity index (χ1) is 9.15. The fraction of sp³-hybridized carbons (Fsp3) is 0.500. The van der Waals surface area contributed by atoms with Gasteiger partial charge in [0.05, 0.1) is 5.25 Å². The van der Waals surface area contributed by atoms with Crippen molar-refractivity contribution in [3.63, 3.8) is 0 Å². The number of hydrogen-bond donors (Lipinski definition) is 0. The minimum Gasteiger partial charge on any atom is -0.352 e. The molecule has 1 aliphatic heterocycles. The molecule has 104 valence electrons. The summed E-state index contributed by atoms with van der Waals surface area (Å²) >= 11 is 1.63. The number of nitrogens with zero attached hydrogens (tertiary/aromatic N) is 1. The van der Waals surface area contributed by atoms with Gasteiger partial charge in [-0.1, -0.05) is 12.1 Å². The number of thioether (sulfide) groups is 1. The topological polar surface area (TPSA) is 38.8 Å². The molecule has 0 radical (unpaired) electrons. The van der Waals surface area contributed by atoms with Crippen LogP contribution in [0.2, 0.25) is 0 Å². The Morgan fingerprint density at radius 1 is 1.26 bits per heavy atom. The van der Waals surface area contributed by atoms with E-state index in [1.54, 1.807) is 30.9 Å². The Morgan fingerprint density at radius 3 is 2.37 bits per heavy atom. The third kappa shape index (κ3) is 3.29. The molecule has 0 aromatic heterocycles. The number of rotatable bonds is 5. The lowest BCUT2D eigenvalue weighted by molar-refractivity contribution is -0.126. The molecule has 1 aromatic carbocycles. The van der Waals surface area contributed by atoms with Gasteiger partial charge < -0.3 is 14.4 Å². The second-order valence-corrected chi connectivity index (χ2v) is 5.80. The average Bonchev–Trinajstić information content (AvgIpc) is 2.74. The molecular formula is C14H19NO3S. The third-order valence-corrected chi connectivity index (χ3v) is 4.50. The molecule has 1 unspecified atom stereocenters. The van der Waals surface area contributed by atoms with Gasteiger partial charge in [0.15, 0.2) is 6.29 Å². The Kier molecular flexibility index (Phi) is 4.85. The Hall–Kier alpha value is -1.04. The van der Waals surface area contributed by atoms with Crippen LogP contribution in [-0.4, -0.2) is 43.9 Å². The number of methoxy groups -OCH3 is 2. The van der Waals surface area contributed by atoms with Crippen LogP contribution in [0.5, 0.6) is 0 Å². The van der Waals surface area contributed by atoms with Crippen LogP contribution in [0.1, 0.15) is 18.3 Å². The van der Waals surface area contributed by atoms with Crippen molar-refractivity contribution in [1.82, 2.24) is 4.90 Å². The highest BCUT2D eigenvalue weighted by molar-refractivity contribution is 8.00. The van der Waals surface area contributed by atoms with E-state index in [1.165, 1.54) is 0 Å². The molecule has 1 atom stereocenters. The van der Waals surface area contributed by atoms with Gasteiger partial charge in [0.25, 0.3) is 0 Å². The zero-order valence-corrected chi connectivity index (χ0v) is 12.3. The Balaban J connectivity index is 2.01. The first-order valence-corrected chi connectivity index (χ1v) is 7.11. The molecule has 19 heavy (non-hydrogen) atoms. The Labute approximate surface area is 118 Å². The van der Waals surface area contributed by atoms with E-state index in [4.69, 9.17) is 9.47 Å². The van der Waals surface area contributed by atoms with Crippen molar-refractivity contribution in [2.24, 2.45) is 0 Å². The molecule has 0 aliphatic carbocycles. The molecule has 0 saturated carbocycles.